The minimum absolute atomic E-state index is 0.0458. The summed E-state index contributed by atoms with van der Waals surface area (Å²) in [6.07, 6.45) is 2.30. The molecule has 1 aliphatic rings. The van der Waals surface area contributed by atoms with E-state index in [-0.39, 0.29) is 11.7 Å². The number of benzene rings is 1. The maximum Gasteiger partial charge on any atom is 0.126 e. The zero-order chi connectivity index (χ0) is 9.42. The maximum absolute atomic E-state index is 13.5. The van der Waals surface area contributed by atoms with Crippen molar-refractivity contribution in [2.24, 2.45) is 0 Å². The third-order valence-electron chi connectivity index (χ3n) is 2.61. The van der Waals surface area contributed by atoms with Gasteiger partial charge in [-0.3, -0.25) is 0 Å². The summed E-state index contributed by atoms with van der Waals surface area (Å²) in [7, 11) is 0. The summed E-state index contributed by atoms with van der Waals surface area (Å²) in [6, 6.07) is 5.55. The van der Waals surface area contributed by atoms with Crippen molar-refractivity contribution in [3.63, 3.8) is 0 Å². The molecule has 1 atom stereocenters. The second-order valence-electron chi connectivity index (χ2n) is 3.96. The van der Waals surface area contributed by atoms with Gasteiger partial charge in [0.2, 0.25) is 0 Å². The molecule has 0 N–H and O–H groups in total. The minimum atomic E-state index is -0.0458. The Kier molecular flexibility index (Phi) is 2.10. The van der Waals surface area contributed by atoms with E-state index in [1.165, 1.54) is 0 Å². The lowest BCUT2D eigenvalue weighted by Crippen LogP contribution is -1.93. The third kappa shape index (κ3) is 1.74. The first-order valence-corrected chi connectivity index (χ1v) is 4.81. The Bertz CT molecular complexity index is 311. The molecular weight excluding hydrogens is 163 g/mol. The van der Waals surface area contributed by atoms with E-state index >= 15 is 0 Å². The standard InChI is InChI=1S/C12H14F/c1-8(2)10-5-6-11(9-3-4-9)12(13)7-10/h5-9H,1,3-4H2,2H3. The van der Waals surface area contributed by atoms with Crippen molar-refractivity contribution in [2.45, 2.75) is 31.6 Å². The molecule has 2 rings (SSSR count). The van der Waals surface area contributed by atoms with Crippen molar-refractivity contribution in [3.05, 3.63) is 42.1 Å². The normalized spacial score (nSPS) is 16.6. The van der Waals surface area contributed by atoms with Gasteiger partial charge in [0, 0.05) is 0 Å². The van der Waals surface area contributed by atoms with Gasteiger partial charge in [0.1, 0.15) is 5.82 Å². The Morgan fingerprint density at radius 2 is 2.15 bits per heavy atom. The highest BCUT2D eigenvalue weighted by atomic mass is 19.1. The molecule has 1 saturated carbocycles. The predicted octanol–water partition coefficient (Wildman–Crippen LogP) is 3.64. The zero-order valence-corrected chi connectivity index (χ0v) is 7.89. The van der Waals surface area contributed by atoms with Gasteiger partial charge in [-0.05, 0) is 48.8 Å². The van der Waals surface area contributed by atoms with E-state index in [0.717, 1.165) is 24.0 Å². The molecule has 1 aromatic carbocycles. The first kappa shape index (κ1) is 8.74. The molecule has 0 aliphatic heterocycles. The molecule has 1 aromatic rings. The number of rotatable bonds is 2. The highest BCUT2D eigenvalue weighted by Gasteiger charge is 2.26. The molecule has 0 bridgehead atoms. The number of halogens is 1. The first-order valence-electron chi connectivity index (χ1n) is 4.81. The maximum atomic E-state index is 13.5. The summed E-state index contributed by atoms with van der Waals surface area (Å²) < 4.78 is 13.5. The van der Waals surface area contributed by atoms with Crippen LogP contribution in [0.5, 0.6) is 0 Å². The van der Waals surface area contributed by atoms with Crippen LogP contribution in [0.15, 0.2) is 18.2 Å². The molecule has 1 radical (unpaired) electrons. The monoisotopic (exact) mass is 177 g/mol. The van der Waals surface area contributed by atoms with Gasteiger partial charge in [0.05, 0.1) is 0 Å². The van der Waals surface area contributed by atoms with E-state index in [4.69, 9.17) is 0 Å². The lowest BCUT2D eigenvalue weighted by molar-refractivity contribution is 0.607. The Labute approximate surface area is 78.8 Å². The van der Waals surface area contributed by atoms with Crippen LogP contribution in [0.25, 0.3) is 0 Å². The molecule has 1 fully saturated rings. The summed E-state index contributed by atoms with van der Waals surface area (Å²) in [5.74, 6) is 0.618. The van der Waals surface area contributed by atoms with Crippen molar-refractivity contribution in [1.29, 1.82) is 0 Å². The minimum Gasteiger partial charge on any atom is -0.207 e. The van der Waals surface area contributed by atoms with Gasteiger partial charge < -0.3 is 0 Å². The topological polar surface area (TPSA) is 0 Å². The van der Waals surface area contributed by atoms with Crippen LogP contribution < -0.4 is 0 Å². The molecule has 0 amide bonds. The Balaban J connectivity index is 2.31. The number of hydrogen-bond acceptors (Lipinski definition) is 0. The van der Waals surface area contributed by atoms with Crippen molar-refractivity contribution >= 4 is 0 Å². The highest BCUT2D eigenvalue weighted by molar-refractivity contribution is 5.31. The molecular formula is C12H14F. The van der Waals surface area contributed by atoms with Crippen LogP contribution in [0.4, 0.5) is 4.39 Å². The van der Waals surface area contributed by atoms with Crippen LogP contribution in [0.2, 0.25) is 0 Å². The summed E-state index contributed by atoms with van der Waals surface area (Å²) in [6.45, 7) is 5.85. The second kappa shape index (κ2) is 3.13. The summed E-state index contributed by atoms with van der Waals surface area (Å²) in [4.78, 5) is 0. The first-order chi connectivity index (χ1) is 6.18. The summed E-state index contributed by atoms with van der Waals surface area (Å²) in [5, 5.41) is 0. The highest BCUT2D eigenvalue weighted by Crippen LogP contribution is 2.41. The molecule has 0 aromatic heterocycles. The molecule has 1 heteroatoms. The van der Waals surface area contributed by atoms with Gasteiger partial charge in [0.25, 0.3) is 0 Å². The third-order valence-corrected chi connectivity index (χ3v) is 2.61. The molecule has 0 spiro atoms. The molecule has 0 heterocycles. The van der Waals surface area contributed by atoms with Crippen LogP contribution >= 0.6 is 0 Å². The summed E-state index contributed by atoms with van der Waals surface area (Å²) >= 11 is 0. The molecule has 69 valence electrons. The van der Waals surface area contributed by atoms with Crippen LogP contribution in [-0.2, 0) is 0 Å². The van der Waals surface area contributed by atoms with Crippen LogP contribution in [0.3, 0.4) is 0 Å². The zero-order valence-electron chi connectivity index (χ0n) is 7.89. The van der Waals surface area contributed by atoms with E-state index in [2.05, 4.69) is 6.92 Å². The molecule has 0 saturated heterocycles. The molecule has 13 heavy (non-hydrogen) atoms. The van der Waals surface area contributed by atoms with Crippen molar-refractivity contribution in [2.75, 3.05) is 0 Å². The lowest BCUT2D eigenvalue weighted by Gasteiger charge is -2.07. The van der Waals surface area contributed by atoms with Crippen molar-refractivity contribution < 1.29 is 4.39 Å². The Morgan fingerprint density at radius 3 is 2.62 bits per heavy atom. The van der Waals surface area contributed by atoms with E-state index in [0.29, 0.717) is 5.92 Å². The predicted molar refractivity (Wildman–Crippen MR) is 52.1 cm³/mol. The van der Waals surface area contributed by atoms with Gasteiger partial charge in [-0.15, -0.1) is 0 Å². The average molecular weight is 177 g/mol. The van der Waals surface area contributed by atoms with Crippen molar-refractivity contribution in [3.8, 4) is 0 Å². The fourth-order valence-corrected chi connectivity index (χ4v) is 1.58. The van der Waals surface area contributed by atoms with Gasteiger partial charge >= 0.3 is 0 Å². The van der Waals surface area contributed by atoms with Gasteiger partial charge in [-0.25, -0.2) is 4.39 Å². The molecule has 0 nitrogen and oxygen atoms in total. The van der Waals surface area contributed by atoms with Crippen LogP contribution in [-0.4, -0.2) is 0 Å². The lowest BCUT2D eigenvalue weighted by atomic mass is 10.00. The Hall–Kier alpha value is -0.850. The van der Waals surface area contributed by atoms with E-state index < -0.39 is 0 Å². The van der Waals surface area contributed by atoms with Gasteiger partial charge in [-0.1, -0.05) is 19.1 Å². The fraction of sp³-hybridized carbons (Fsp3) is 0.417. The SMILES string of the molecule is [CH2]C(C)c1ccc(C2CC2)c(F)c1. The summed E-state index contributed by atoms with van der Waals surface area (Å²) in [5.41, 5.74) is 1.88. The van der Waals surface area contributed by atoms with Crippen LogP contribution in [0, 0.1) is 12.7 Å². The fourth-order valence-electron chi connectivity index (χ4n) is 1.58. The van der Waals surface area contributed by atoms with E-state index in [1.807, 2.05) is 19.1 Å². The van der Waals surface area contributed by atoms with Gasteiger partial charge in [-0.2, -0.15) is 0 Å². The quantitative estimate of drug-likeness (QED) is 0.647. The Morgan fingerprint density at radius 1 is 1.46 bits per heavy atom. The van der Waals surface area contributed by atoms with Crippen molar-refractivity contribution in [1.82, 2.24) is 0 Å². The average Bonchev–Trinajstić information content (AvgIpc) is 2.87. The largest absolute Gasteiger partial charge is 0.207 e. The number of hydrogen-bond donors (Lipinski definition) is 0. The second-order valence-corrected chi connectivity index (χ2v) is 3.96. The van der Waals surface area contributed by atoms with E-state index in [9.17, 15) is 4.39 Å². The van der Waals surface area contributed by atoms with Crippen LogP contribution in [0.1, 0.15) is 42.7 Å². The molecule has 1 aliphatic carbocycles. The molecule has 1 unspecified atom stereocenters. The van der Waals surface area contributed by atoms with Gasteiger partial charge in [0.15, 0.2) is 0 Å². The smallest absolute Gasteiger partial charge is 0.126 e. The van der Waals surface area contributed by atoms with E-state index in [1.54, 1.807) is 6.07 Å².